The number of anilines is 1. The second-order valence-corrected chi connectivity index (χ2v) is 9.67. The van der Waals surface area contributed by atoms with Crippen LogP contribution in [0, 0.1) is 0 Å². The number of morpholine rings is 1. The molecular weight excluding hydrogens is 400 g/mol. The van der Waals surface area contributed by atoms with E-state index in [1.54, 1.807) is 29.7 Å². The third kappa shape index (κ3) is 5.51. The Hall–Kier alpha value is -2.01. The molecule has 2 N–H and O–H groups in total. The highest BCUT2D eigenvalue weighted by Gasteiger charge is 2.30. The van der Waals surface area contributed by atoms with E-state index in [0.717, 1.165) is 10.6 Å². The van der Waals surface area contributed by atoms with Crippen molar-refractivity contribution in [3.8, 4) is 10.6 Å². The SMILES string of the molecule is CC1CN(S(=O)(=O)CCNC(=O)Nc2ccc(-c3nccs3)cc2)CC(C)O1. The third-order valence-corrected chi connectivity index (χ3v) is 6.87. The van der Waals surface area contributed by atoms with E-state index in [9.17, 15) is 13.2 Å². The predicted octanol–water partition coefficient (Wildman–Crippen LogP) is 2.37. The second-order valence-electron chi connectivity index (χ2n) is 6.69. The van der Waals surface area contributed by atoms with E-state index in [1.165, 1.54) is 4.31 Å². The Bertz CT molecular complexity index is 875. The van der Waals surface area contributed by atoms with Crippen molar-refractivity contribution in [2.75, 3.05) is 30.7 Å². The summed E-state index contributed by atoms with van der Waals surface area (Å²) in [7, 11) is -3.44. The Labute approximate surface area is 169 Å². The van der Waals surface area contributed by atoms with E-state index in [1.807, 2.05) is 31.4 Å². The van der Waals surface area contributed by atoms with Crippen LogP contribution in [0.2, 0.25) is 0 Å². The highest BCUT2D eigenvalue weighted by molar-refractivity contribution is 7.89. The van der Waals surface area contributed by atoms with E-state index in [0.29, 0.717) is 18.8 Å². The predicted molar refractivity (Wildman–Crippen MR) is 110 cm³/mol. The maximum absolute atomic E-state index is 12.5. The number of aromatic nitrogens is 1. The highest BCUT2D eigenvalue weighted by Crippen LogP contribution is 2.23. The van der Waals surface area contributed by atoms with Gasteiger partial charge in [0.15, 0.2) is 0 Å². The van der Waals surface area contributed by atoms with Crippen molar-refractivity contribution in [1.82, 2.24) is 14.6 Å². The van der Waals surface area contributed by atoms with Crippen LogP contribution < -0.4 is 10.6 Å². The molecule has 3 rings (SSSR count). The van der Waals surface area contributed by atoms with Crippen LogP contribution in [0.3, 0.4) is 0 Å². The molecule has 152 valence electrons. The summed E-state index contributed by atoms with van der Waals surface area (Å²) in [4.78, 5) is 16.3. The first-order chi connectivity index (χ1) is 13.3. The van der Waals surface area contributed by atoms with Crippen molar-refractivity contribution in [3.05, 3.63) is 35.8 Å². The second kappa shape index (κ2) is 8.99. The van der Waals surface area contributed by atoms with Gasteiger partial charge in [0, 0.05) is 42.5 Å². The molecule has 0 aliphatic carbocycles. The number of rotatable bonds is 6. The van der Waals surface area contributed by atoms with E-state index < -0.39 is 16.1 Å². The zero-order valence-corrected chi connectivity index (χ0v) is 17.4. The molecule has 28 heavy (non-hydrogen) atoms. The van der Waals surface area contributed by atoms with Crippen LogP contribution in [0.5, 0.6) is 0 Å². The smallest absolute Gasteiger partial charge is 0.319 e. The molecule has 1 aromatic carbocycles. The molecule has 1 saturated heterocycles. The van der Waals surface area contributed by atoms with Gasteiger partial charge in [0.1, 0.15) is 5.01 Å². The zero-order valence-electron chi connectivity index (χ0n) is 15.8. The van der Waals surface area contributed by atoms with Crippen LogP contribution in [0.25, 0.3) is 10.6 Å². The van der Waals surface area contributed by atoms with Crippen molar-refractivity contribution >= 4 is 33.1 Å². The molecular formula is C18H24N4O4S2. The van der Waals surface area contributed by atoms with Crippen molar-refractivity contribution in [2.45, 2.75) is 26.1 Å². The van der Waals surface area contributed by atoms with Crippen LogP contribution >= 0.6 is 11.3 Å². The average Bonchev–Trinajstić information content (AvgIpc) is 3.16. The van der Waals surface area contributed by atoms with Gasteiger partial charge in [-0.3, -0.25) is 0 Å². The van der Waals surface area contributed by atoms with E-state index >= 15 is 0 Å². The van der Waals surface area contributed by atoms with Crippen LogP contribution in [-0.4, -0.2) is 61.3 Å². The molecule has 2 aromatic rings. The molecule has 0 spiro atoms. The number of nitrogens with zero attached hydrogens (tertiary/aromatic N) is 2. The molecule has 2 atom stereocenters. The summed E-state index contributed by atoms with van der Waals surface area (Å²) in [5, 5.41) is 8.11. The molecule has 0 saturated carbocycles. The Morgan fingerprint density at radius 3 is 2.54 bits per heavy atom. The Balaban J connectivity index is 1.46. The van der Waals surface area contributed by atoms with Gasteiger partial charge in [-0.2, -0.15) is 4.31 Å². The van der Waals surface area contributed by atoms with Crippen molar-refractivity contribution in [2.24, 2.45) is 0 Å². The maximum Gasteiger partial charge on any atom is 0.319 e. The molecule has 8 nitrogen and oxygen atoms in total. The number of nitrogens with one attached hydrogen (secondary N) is 2. The lowest BCUT2D eigenvalue weighted by molar-refractivity contribution is -0.0440. The van der Waals surface area contributed by atoms with Gasteiger partial charge in [-0.25, -0.2) is 18.2 Å². The van der Waals surface area contributed by atoms with E-state index in [-0.39, 0.29) is 24.5 Å². The third-order valence-electron chi connectivity index (χ3n) is 4.25. The quantitative estimate of drug-likeness (QED) is 0.741. The topological polar surface area (TPSA) is 101 Å². The number of ether oxygens (including phenoxy) is 1. The molecule has 0 radical (unpaired) electrons. The van der Waals surface area contributed by atoms with Gasteiger partial charge in [-0.1, -0.05) is 0 Å². The minimum absolute atomic E-state index is 0.0332. The van der Waals surface area contributed by atoms with Gasteiger partial charge in [-0.05, 0) is 38.1 Å². The number of urea groups is 1. The first-order valence-electron chi connectivity index (χ1n) is 9.01. The number of hydrogen-bond acceptors (Lipinski definition) is 6. The highest BCUT2D eigenvalue weighted by atomic mass is 32.2. The van der Waals surface area contributed by atoms with E-state index in [4.69, 9.17) is 4.74 Å². The van der Waals surface area contributed by atoms with Gasteiger partial charge in [0.05, 0.1) is 18.0 Å². The van der Waals surface area contributed by atoms with Gasteiger partial charge < -0.3 is 15.4 Å². The van der Waals surface area contributed by atoms with Crippen LogP contribution in [-0.2, 0) is 14.8 Å². The number of thiazole rings is 1. The fourth-order valence-corrected chi connectivity index (χ4v) is 5.15. The molecule has 0 bridgehead atoms. The lowest BCUT2D eigenvalue weighted by Crippen LogP contribution is -2.49. The molecule has 2 unspecified atom stereocenters. The van der Waals surface area contributed by atoms with Crippen LogP contribution in [0.1, 0.15) is 13.8 Å². The van der Waals surface area contributed by atoms with Crippen LogP contribution in [0.15, 0.2) is 35.8 Å². The van der Waals surface area contributed by atoms with Crippen LogP contribution in [0.4, 0.5) is 10.5 Å². The monoisotopic (exact) mass is 424 g/mol. The van der Waals surface area contributed by atoms with Gasteiger partial charge in [0.25, 0.3) is 0 Å². The number of carbonyl (C=O) groups is 1. The summed E-state index contributed by atoms with van der Waals surface area (Å²) in [6, 6.07) is 6.87. The molecule has 1 aliphatic rings. The van der Waals surface area contributed by atoms with Crippen molar-refractivity contribution in [1.29, 1.82) is 0 Å². The summed E-state index contributed by atoms with van der Waals surface area (Å²) in [5.41, 5.74) is 1.59. The van der Waals surface area contributed by atoms with Gasteiger partial charge in [-0.15, -0.1) is 11.3 Å². The average molecular weight is 425 g/mol. The first kappa shape index (κ1) is 20.7. The standard InChI is InChI=1S/C18H24N4O4S2/c1-13-11-22(12-14(2)26-13)28(24,25)10-8-20-18(23)21-16-5-3-15(4-6-16)17-19-7-9-27-17/h3-7,9,13-14H,8,10-12H2,1-2H3,(H2,20,21,23). The number of benzene rings is 1. The van der Waals surface area contributed by atoms with Crippen molar-refractivity contribution in [3.63, 3.8) is 0 Å². The summed E-state index contributed by atoms with van der Waals surface area (Å²) < 4.78 is 31.9. The largest absolute Gasteiger partial charge is 0.373 e. The lowest BCUT2D eigenvalue weighted by atomic mass is 10.2. The zero-order chi connectivity index (χ0) is 20.1. The summed E-state index contributed by atoms with van der Waals surface area (Å²) >= 11 is 1.54. The fourth-order valence-electron chi connectivity index (χ4n) is 3.02. The molecule has 1 fully saturated rings. The summed E-state index contributed by atoms with van der Waals surface area (Å²) in [5.74, 6) is -0.150. The lowest BCUT2D eigenvalue weighted by Gasteiger charge is -2.34. The number of hydrogen-bond donors (Lipinski definition) is 2. The normalized spacial score (nSPS) is 20.6. The number of carbonyl (C=O) groups excluding carboxylic acids is 1. The maximum atomic E-state index is 12.5. The van der Waals surface area contributed by atoms with Crippen molar-refractivity contribution < 1.29 is 17.9 Å². The van der Waals surface area contributed by atoms with E-state index in [2.05, 4.69) is 15.6 Å². The van der Waals surface area contributed by atoms with Gasteiger partial charge in [0.2, 0.25) is 10.0 Å². The Kier molecular flexibility index (Phi) is 6.65. The number of amides is 2. The first-order valence-corrected chi connectivity index (χ1v) is 11.5. The summed E-state index contributed by atoms with van der Waals surface area (Å²) in [6.45, 7) is 4.41. The Morgan fingerprint density at radius 1 is 1.25 bits per heavy atom. The minimum Gasteiger partial charge on any atom is -0.373 e. The summed E-state index contributed by atoms with van der Waals surface area (Å²) in [6.07, 6.45) is 1.47. The number of sulfonamides is 1. The molecule has 1 aliphatic heterocycles. The molecule has 2 heterocycles. The van der Waals surface area contributed by atoms with Gasteiger partial charge >= 0.3 is 6.03 Å². The minimum atomic E-state index is -3.44. The molecule has 10 heteroatoms. The molecule has 2 amide bonds. The fraction of sp³-hybridized carbons (Fsp3) is 0.444. The Morgan fingerprint density at radius 2 is 1.93 bits per heavy atom. The molecule has 1 aromatic heterocycles.